The fourth-order valence-electron chi connectivity index (χ4n) is 4.06. The van der Waals surface area contributed by atoms with Crippen molar-refractivity contribution in [3.63, 3.8) is 0 Å². The van der Waals surface area contributed by atoms with Crippen molar-refractivity contribution < 1.29 is 27.0 Å². The van der Waals surface area contributed by atoms with Crippen molar-refractivity contribution in [1.29, 1.82) is 0 Å². The Labute approximate surface area is 263 Å². The maximum Gasteiger partial charge on any atom is 0.301 e. The Hall–Kier alpha value is -2.04. The summed E-state index contributed by atoms with van der Waals surface area (Å²) in [5.74, 6) is -0.180. The number of phenols is 2. The van der Waals surface area contributed by atoms with E-state index >= 15 is 0 Å². The smallest absolute Gasteiger partial charge is 0.301 e. The van der Waals surface area contributed by atoms with Crippen LogP contribution in [0, 0.1) is 0 Å². The number of phenolic OH excluding ortho intramolecular Hbond substituents is 2. The third-order valence-corrected chi connectivity index (χ3v) is 9.50. The number of aromatic hydroxyl groups is 2. The zero-order chi connectivity index (χ0) is 29.8. The van der Waals surface area contributed by atoms with Gasteiger partial charge in [-0.25, -0.2) is 9.44 Å². The van der Waals surface area contributed by atoms with Crippen LogP contribution in [0.1, 0.15) is 36.8 Å². The van der Waals surface area contributed by atoms with Crippen molar-refractivity contribution >= 4 is 56.6 Å². The maximum absolute atomic E-state index is 12.0. The van der Waals surface area contributed by atoms with Crippen LogP contribution < -0.4 is 28.7 Å². The van der Waals surface area contributed by atoms with Crippen LogP contribution in [0.25, 0.3) is 0 Å². The van der Waals surface area contributed by atoms with Gasteiger partial charge in [-0.05, 0) is 87.3 Å². The van der Waals surface area contributed by atoms with Gasteiger partial charge in [-0.1, -0.05) is 25.0 Å². The Morgan fingerprint density at radius 3 is 1.31 bits per heavy atom. The molecular weight excluding hydrogens is 627 g/mol. The van der Waals surface area contributed by atoms with Gasteiger partial charge in [-0.15, -0.1) is 24.8 Å². The van der Waals surface area contributed by atoms with Gasteiger partial charge < -0.3 is 20.8 Å². The van der Waals surface area contributed by atoms with Crippen molar-refractivity contribution in [2.75, 3.05) is 63.0 Å². The second-order valence-electron chi connectivity index (χ2n) is 9.41. The number of anilines is 2. The minimum atomic E-state index is -3.69. The van der Waals surface area contributed by atoms with Crippen LogP contribution in [0.4, 0.5) is 11.4 Å². The van der Waals surface area contributed by atoms with Gasteiger partial charge in [0.1, 0.15) is 11.5 Å². The molecule has 0 aliphatic carbocycles. The van der Waals surface area contributed by atoms with E-state index in [-0.39, 0.29) is 47.7 Å². The van der Waals surface area contributed by atoms with E-state index in [2.05, 4.69) is 20.1 Å². The summed E-state index contributed by atoms with van der Waals surface area (Å²) in [6.07, 6.45) is 5.77. The van der Waals surface area contributed by atoms with E-state index in [1.54, 1.807) is 24.3 Å². The standard InChI is InChI=1S/C26H44N6O6S2.2ClH/c1-27-39(35,36)31(3)23-19-21(9-11-25(23)33)13-17-29-15-7-5-6-8-16-30-18-14-22-10-12-26(34)24(20-22)32(4)40(37,38)28-2;;/h9-12,19-20,27-30,33-34H,5-8,13-18H2,1-4H3;2*1H. The molecule has 0 aromatic heterocycles. The second kappa shape index (κ2) is 19.3. The number of nitrogens with one attached hydrogen (secondary N) is 4. The van der Waals surface area contributed by atoms with Gasteiger partial charge >= 0.3 is 20.4 Å². The molecule has 0 aliphatic rings. The van der Waals surface area contributed by atoms with E-state index in [1.807, 2.05) is 0 Å². The van der Waals surface area contributed by atoms with Crippen molar-refractivity contribution in [3.8, 4) is 11.5 Å². The van der Waals surface area contributed by atoms with Crippen LogP contribution >= 0.6 is 24.8 Å². The lowest BCUT2D eigenvalue weighted by Crippen LogP contribution is -2.36. The van der Waals surface area contributed by atoms with E-state index < -0.39 is 20.4 Å². The highest BCUT2D eigenvalue weighted by Gasteiger charge is 2.20. The number of rotatable bonds is 19. The Kier molecular flexibility index (Phi) is 18.3. The predicted octanol–water partition coefficient (Wildman–Crippen LogP) is 2.27. The molecule has 0 fully saturated rings. The summed E-state index contributed by atoms with van der Waals surface area (Å²) in [5.41, 5.74) is 2.34. The quantitative estimate of drug-likeness (QED) is 0.124. The van der Waals surface area contributed by atoms with Gasteiger partial charge in [0.2, 0.25) is 0 Å². The average molecular weight is 674 g/mol. The topological polar surface area (TPSA) is 163 Å². The predicted molar refractivity (Wildman–Crippen MR) is 175 cm³/mol. The summed E-state index contributed by atoms with van der Waals surface area (Å²) >= 11 is 0. The Morgan fingerprint density at radius 1 is 0.619 bits per heavy atom. The molecule has 242 valence electrons. The molecule has 0 atom stereocenters. The molecule has 2 rings (SSSR count). The van der Waals surface area contributed by atoms with Crippen LogP contribution in [-0.4, -0.2) is 81.4 Å². The molecule has 0 unspecified atom stereocenters. The van der Waals surface area contributed by atoms with Crippen molar-refractivity contribution in [1.82, 2.24) is 20.1 Å². The van der Waals surface area contributed by atoms with Crippen molar-refractivity contribution in [2.45, 2.75) is 38.5 Å². The van der Waals surface area contributed by atoms with Gasteiger partial charge in [-0.2, -0.15) is 16.8 Å². The maximum atomic E-state index is 12.0. The summed E-state index contributed by atoms with van der Waals surface area (Å²) in [6.45, 7) is 3.30. The summed E-state index contributed by atoms with van der Waals surface area (Å²) in [5, 5.41) is 26.9. The minimum Gasteiger partial charge on any atom is -0.506 e. The van der Waals surface area contributed by atoms with Crippen molar-refractivity contribution in [3.05, 3.63) is 47.5 Å². The lowest BCUT2D eigenvalue weighted by Gasteiger charge is -2.20. The summed E-state index contributed by atoms with van der Waals surface area (Å²) in [7, 11) is -1.93. The van der Waals surface area contributed by atoms with Crippen LogP contribution in [0.5, 0.6) is 11.5 Å². The lowest BCUT2D eigenvalue weighted by atomic mass is 10.1. The molecule has 0 amide bonds. The Bertz CT molecular complexity index is 1200. The molecule has 6 N–H and O–H groups in total. The second-order valence-corrected chi connectivity index (χ2v) is 13.2. The van der Waals surface area contributed by atoms with E-state index in [0.29, 0.717) is 0 Å². The molecular formula is C26H46Cl2N6O6S2. The average Bonchev–Trinajstić information content (AvgIpc) is 2.94. The van der Waals surface area contributed by atoms with E-state index in [4.69, 9.17) is 0 Å². The molecule has 0 radical (unpaired) electrons. The molecule has 16 heteroatoms. The molecule has 42 heavy (non-hydrogen) atoms. The van der Waals surface area contributed by atoms with Crippen LogP contribution in [0.3, 0.4) is 0 Å². The molecule has 12 nitrogen and oxygen atoms in total. The lowest BCUT2D eigenvalue weighted by molar-refractivity contribution is 0.475. The largest absolute Gasteiger partial charge is 0.506 e. The van der Waals surface area contributed by atoms with Gasteiger partial charge in [0, 0.05) is 28.2 Å². The number of unbranched alkanes of at least 4 members (excludes halogenated alkanes) is 3. The zero-order valence-electron chi connectivity index (χ0n) is 24.6. The number of hydrogen-bond acceptors (Lipinski definition) is 8. The molecule has 0 bridgehead atoms. The number of benzene rings is 2. The van der Waals surface area contributed by atoms with Gasteiger partial charge in [0.25, 0.3) is 0 Å². The van der Waals surface area contributed by atoms with Gasteiger partial charge in [0.15, 0.2) is 0 Å². The van der Waals surface area contributed by atoms with Crippen LogP contribution in [0.15, 0.2) is 36.4 Å². The highest BCUT2D eigenvalue weighted by Crippen LogP contribution is 2.30. The minimum absolute atomic E-state index is 0. The van der Waals surface area contributed by atoms with E-state index in [1.165, 1.54) is 40.3 Å². The fraction of sp³-hybridized carbons (Fsp3) is 0.538. The summed E-state index contributed by atoms with van der Waals surface area (Å²) in [6, 6.07) is 9.98. The highest BCUT2D eigenvalue weighted by molar-refractivity contribution is 7.91. The van der Waals surface area contributed by atoms with E-state index in [0.717, 1.165) is 84.4 Å². The fourth-order valence-corrected chi connectivity index (χ4v) is 5.41. The first-order chi connectivity index (χ1) is 18.9. The first-order valence-corrected chi connectivity index (χ1v) is 16.2. The molecule has 0 spiro atoms. The first-order valence-electron chi connectivity index (χ1n) is 13.3. The number of nitrogens with zero attached hydrogens (tertiary/aromatic N) is 2. The monoisotopic (exact) mass is 672 g/mol. The first kappa shape index (κ1) is 40.0. The molecule has 0 saturated carbocycles. The van der Waals surface area contributed by atoms with Crippen LogP contribution in [-0.2, 0) is 33.3 Å². The Balaban J connectivity index is 0.00000840. The highest BCUT2D eigenvalue weighted by atomic mass is 35.5. The zero-order valence-corrected chi connectivity index (χ0v) is 27.9. The van der Waals surface area contributed by atoms with Gasteiger partial charge in [-0.3, -0.25) is 8.61 Å². The SMILES string of the molecule is CNS(=O)(=O)N(C)c1cc(CCNCCCCCCNCCc2ccc(O)c(N(C)S(=O)(=O)NC)c2)ccc1O.Cl.Cl. The van der Waals surface area contributed by atoms with Crippen LogP contribution in [0.2, 0.25) is 0 Å². The summed E-state index contributed by atoms with van der Waals surface area (Å²) < 4.78 is 54.6. The number of hydrogen-bond donors (Lipinski definition) is 6. The molecule has 0 aliphatic heterocycles. The van der Waals surface area contributed by atoms with E-state index in [9.17, 15) is 27.0 Å². The Morgan fingerprint density at radius 2 is 0.976 bits per heavy atom. The third kappa shape index (κ3) is 12.3. The van der Waals surface area contributed by atoms with Gasteiger partial charge in [0.05, 0.1) is 11.4 Å². The molecule has 0 saturated heterocycles. The molecule has 0 heterocycles. The third-order valence-electron chi connectivity index (χ3n) is 6.63. The molecule has 2 aromatic rings. The van der Waals surface area contributed by atoms with Crippen molar-refractivity contribution in [2.24, 2.45) is 0 Å². The normalized spacial score (nSPS) is 11.4. The number of halogens is 2. The summed E-state index contributed by atoms with van der Waals surface area (Å²) in [4.78, 5) is 0. The molecule has 2 aromatic carbocycles.